The smallest absolute Gasteiger partial charge is 0.196 e. The molecule has 1 atom stereocenters. The molecule has 2 rings (SSSR count). The van der Waals surface area contributed by atoms with E-state index in [1.54, 1.807) is 12.4 Å². The van der Waals surface area contributed by atoms with Gasteiger partial charge in [-0.15, -0.1) is 0 Å². The van der Waals surface area contributed by atoms with Crippen molar-refractivity contribution < 1.29 is 8.95 Å². The molecule has 0 aliphatic heterocycles. The van der Waals surface area contributed by atoms with Gasteiger partial charge in [-0.05, 0) is 18.1 Å². The molecule has 0 saturated heterocycles. The first-order valence-electron chi connectivity index (χ1n) is 7.04. The lowest BCUT2D eigenvalue weighted by atomic mass is 10.1. The molecule has 5 nitrogen and oxygen atoms in total. The highest BCUT2D eigenvalue weighted by Gasteiger charge is 2.10. The maximum Gasteiger partial charge on any atom is 0.196 e. The number of aromatic amines is 1. The van der Waals surface area contributed by atoms with Crippen molar-refractivity contribution in [3.63, 3.8) is 0 Å². The first-order chi connectivity index (χ1) is 10.3. The molecule has 0 fully saturated rings. The van der Waals surface area contributed by atoms with E-state index in [9.17, 15) is 4.21 Å². The van der Waals surface area contributed by atoms with Gasteiger partial charge in [0, 0.05) is 32.1 Å². The molecule has 6 heteroatoms. The first-order valence-corrected chi connectivity index (χ1v) is 8.36. The predicted octanol–water partition coefficient (Wildman–Crippen LogP) is 1.84. The Balaban J connectivity index is 1.92. The van der Waals surface area contributed by atoms with Gasteiger partial charge >= 0.3 is 0 Å². The molecule has 21 heavy (non-hydrogen) atoms. The standard InChI is InChI=1S/C15H21N3O2S/c1-2-20-10-9-16-11-13-5-3-4-6-14(13)12-21(19)15-17-7-8-18-15/h3-8,16H,2,9-12H2,1H3,(H,17,18). The van der Waals surface area contributed by atoms with E-state index in [0.29, 0.717) is 17.5 Å². The number of ether oxygens (including phenoxy) is 1. The van der Waals surface area contributed by atoms with Crippen LogP contribution in [0, 0.1) is 0 Å². The van der Waals surface area contributed by atoms with E-state index in [4.69, 9.17) is 4.74 Å². The molecule has 0 saturated carbocycles. The molecule has 2 aromatic rings. The summed E-state index contributed by atoms with van der Waals surface area (Å²) in [6.07, 6.45) is 3.31. The van der Waals surface area contributed by atoms with Gasteiger partial charge in [0.15, 0.2) is 5.16 Å². The number of hydrogen-bond acceptors (Lipinski definition) is 4. The van der Waals surface area contributed by atoms with Gasteiger partial charge in [-0.1, -0.05) is 24.3 Å². The van der Waals surface area contributed by atoms with Crippen molar-refractivity contribution in [2.75, 3.05) is 19.8 Å². The molecule has 0 spiro atoms. The summed E-state index contributed by atoms with van der Waals surface area (Å²) in [6, 6.07) is 8.04. The number of imidazole rings is 1. The monoisotopic (exact) mass is 307 g/mol. The minimum Gasteiger partial charge on any atom is -0.380 e. The van der Waals surface area contributed by atoms with Gasteiger partial charge in [0.1, 0.15) is 0 Å². The van der Waals surface area contributed by atoms with Crippen LogP contribution in [0.15, 0.2) is 41.8 Å². The normalized spacial score (nSPS) is 12.4. The summed E-state index contributed by atoms with van der Waals surface area (Å²) in [5, 5.41) is 3.86. The van der Waals surface area contributed by atoms with Crippen LogP contribution in [0.25, 0.3) is 0 Å². The average Bonchev–Trinajstić information content (AvgIpc) is 3.03. The molecule has 1 aromatic carbocycles. The molecular weight excluding hydrogens is 286 g/mol. The van der Waals surface area contributed by atoms with Gasteiger partial charge in [0.2, 0.25) is 0 Å². The lowest BCUT2D eigenvalue weighted by Gasteiger charge is -2.10. The summed E-state index contributed by atoms with van der Waals surface area (Å²) in [5.74, 6) is 0.469. The average molecular weight is 307 g/mol. The molecule has 0 aliphatic rings. The highest BCUT2D eigenvalue weighted by molar-refractivity contribution is 7.84. The molecule has 114 valence electrons. The van der Waals surface area contributed by atoms with Crippen molar-refractivity contribution >= 4 is 10.8 Å². The quantitative estimate of drug-likeness (QED) is 0.694. The Hall–Kier alpha value is -1.50. The molecule has 2 N–H and O–H groups in total. The molecule has 0 aliphatic carbocycles. The summed E-state index contributed by atoms with van der Waals surface area (Å²) >= 11 is 0. The van der Waals surface area contributed by atoms with E-state index >= 15 is 0 Å². The zero-order chi connectivity index (χ0) is 14.9. The first kappa shape index (κ1) is 15.9. The number of aromatic nitrogens is 2. The van der Waals surface area contributed by atoms with E-state index in [1.807, 2.05) is 25.1 Å². The van der Waals surface area contributed by atoms with Gasteiger partial charge in [-0.3, -0.25) is 4.21 Å². The van der Waals surface area contributed by atoms with E-state index in [1.165, 1.54) is 0 Å². The van der Waals surface area contributed by atoms with Crippen LogP contribution >= 0.6 is 0 Å². The van der Waals surface area contributed by atoms with Crippen molar-refractivity contribution in [1.29, 1.82) is 0 Å². The van der Waals surface area contributed by atoms with E-state index in [-0.39, 0.29) is 0 Å². The van der Waals surface area contributed by atoms with Crippen LogP contribution in [0.2, 0.25) is 0 Å². The fourth-order valence-corrected chi connectivity index (χ4v) is 3.05. The minimum atomic E-state index is -1.14. The topological polar surface area (TPSA) is 67.0 Å². The Labute approximate surface area is 127 Å². The number of benzene rings is 1. The second-order valence-corrected chi connectivity index (χ2v) is 5.89. The zero-order valence-corrected chi connectivity index (χ0v) is 13.0. The number of rotatable bonds is 9. The largest absolute Gasteiger partial charge is 0.380 e. The minimum absolute atomic E-state index is 0.469. The van der Waals surface area contributed by atoms with Crippen LogP contribution in [-0.2, 0) is 27.8 Å². The summed E-state index contributed by atoms with van der Waals surface area (Å²) in [4.78, 5) is 6.95. The molecular formula is C15H21N3O2S. The third-order valence-electron chi connectivity index (χ3n) is 3.04. The fourth-order valence-electron chi connectivity index (χ4n) is 1.97. The molecule has 1 unspecified atom stereocenters. The van der Waals surface area contributed by atoms with Gasteiger partial charge in [-0.25, -0.2) is 4.98 Å². The Bertz CT molecular complexity index is 558. The number of H-pyrrole nitrogens is 1. The fraction of sp³-hybridized carbons (Fsp3) is 0.400. The molecule has 1 aromatic heterocycles. The van der Waals surface area contributed by atoms with Crippen molar-refractivity contribution in [3.05, 3.63) is 47.8 Å². The van der Waals surface area contributed by atoms with E-state index < -0.39 is 10.8 Å². The lowest BCUT2D eigenvalue weighted by molar-refractivity contribution is 0.149. The van der Waals surface area contributed by atoms with Crippen molar-refractivity contribution in [1.82, 2.24) is 15.3 Å². The number of nitrogens with one attached hydrogen (secondary N) is 2. The lowest BCUT2D eigenvalue weighted by Crippen LogP contribution is -2.20. The Kier molecular flexibility index (Phi) is 6.59. The maximum atomic E-state index is 12.2. The summed E-state index contributed by atoms with van der Waals surface area (Å²) in [5.41, 5.74) is 2.24. The van der Waals surface area contributed by atoms with Crippen LogP contribution in [0.3, 0.4) is 0 Å². The summed E-state index contributed by atoms with van der Waals surface area (Å²) in [6.45, 7) is 4.98. The highest BCUT2D eigenvalue weighted by atomic mass is 32.2. The highest BCUT2D eigenvalue weighted by Crippen LogP contribution is 2.13. The maximum absolute atomic E-state index is 12.2. The van der Waals surface area contributed by atoms with Gasteiger partial charge < -0.3 is 15.0 Å². The van der Waals surface area contributed by atoms with Crippen LogP contribution in [0.5, 0.6) is 0 Å². The van der Waals surface area contributed by atoms with Gasteiger partial charge in [0.25, 0.3) is 0 Å². The van der Waals surface area contributed by atoms with E-state index in [0.717, 1.165) is 30.8 Å². The Morgan fingerprint density at radius 3 is 2.86 bits per heavy atom. The summed E-state index contributed by atoms with van der Waals surface area (Å²) < 4.78 is 17.5. The molecule has 1 heterocycles. The van der Waals surface area contributed by atoms with Crippen LogP contribution in [-0.4, -0.2) is 33.9 Å². The zero-order valence-electron chi connectivity index (χ0n) is 12.2. The second kappa shape index (κ2) is 8.71. The Morgan fingerprint density at radius 1 is 1.33 bits per heavy atom. The number of hydrogen-bond donors (Lipinski definition) is 2. The van der Waals surface area contributed by atoms with Crippen LogP contribution < -0.4 is 5.32 Å². The molecule has 0 radical (unpaired) electrons. The van der Waals surface area contributed by atoms with Crippen LogP contribution in [0.1, 0.15) is 18.1 Å². The van der Waals surface area contributed by atoms with Gasteiger partial charge in [0.05, 0.1) is 23.2 Å². The van der Waals surface area contributed by atoms with Crippen molar-refractivity contribution in [2.45, 2.75) is 24.4 Å². The molecule has 0 amide bonds. The second-order valence-electron chi connectivity index (χ2n) is 4.53. The number of nitrogens with zero attached hydrogens (tertiary/aromatic N) is 1. The van der Waals surface area contributed by atoms with Crippen LogP contribution in [0.4, 0.5) is 0 Å². The van der Waals surface area contributed by atoms with Crippen molar-refractivity contribution in [3.8, 4) is 0 Å². The van der Waals surface area contributed by atoms with Gasteiger partial charge in [-0.2, -0.15) is 0 Å². The SMILES string of the molecule is CCOCCNCc1ccccc1CS(=O)c1ncc[nH]1. The summed E-state index contributed by atoms with van der Waals surface area (Å²) in [7, 11) is -1.14. The van der Waals surface area contributed by atoms with E-state index in [2.05, 4.69) is 21.4 Å². The molecule has 0 bridgehead atoms. The predicted molar refractivity (Wildman–Crippen MR) is 83.3 cm³/mol. The third kappa shape index (κ3) is 5.08. The third-order valence-corrected chi connectivity index (χ3v) is 4.26. The van der Waals surface area contributed by atoms with Crippen molar-refractivity contribution in [2.24, 2.45) is 0 Å². The Morgan fingerprint density at radius 2 is 2.14 bits per heavy atom.